The number of hydrogen-bond acceptors (Lipinski definition) is 2. The minimum atomic E-state index is -0.0593. The summed E-state index contributed by atoms with van der Waals surface area (Å²) in [5.74, 6) is 0.918. The number of para-hydroxylation sites is 1. The van der Waals surface area contributed by atoms with E-state index in [2.05, 4.69) is 22.2 Å². The van der Waals surface area contributed by atoms with Crippen molar-refractivity contribution < 1.29 is 4.79 Å². The van der Waals surface area contributed by atoms with Crippen LogP contribution in [-0.2, 0) is 11.2 Å². The van der Waals surface area contributed by atoms with Crippen molar-refractivity contribution in [2.24, 2.45) is 0 Å². The van der Waals surface area contributed by atoms with Crippen LogP contribution >= 0.6 is 0 Å². The van der Waals surface area contributed by atoms with Gasteiger partial charge in [-0.1, -0.05) is 31.5 Å². The number of aromatic amines is 1. The zero-order valence-electron chi connectivity index (χ0n) is 11.4. The Bertz CT molecular complexity index is 670. The Kier molecular flexibility index (Phi) is 3.37. The molecule has 0 atom stereocenters. The lowest BCUT2D eigenvalue weighted by Crippen LogP contribution is -2.03. The van der Waals surface area contributed by atoms with Crippen LogP contribution in [0.15, 0.2) is 30.5 Å². The number of H-pyrrole nitrogens is 1. The van der Waals surface area contributed by atoms with Crippen LogP contribution in [0.3, 0.4) is 0 Å². The van der Waals surface area contributed by atoms with Crippen LogP contribution in [0, 0.1) is 0 Å². The number of anilines is 1. The van der Waals surface area contributed by atoms with Crippen molar-refractivity contribution in [1.82, 2.24) is 9.97 Å². The fourth-order valence-electron chi connectivity index (χ4n) is 2.36. The van der Waals surface area contributed by atoms with Crippen molar-refractivity contribution in [3.8, 4) is 0 Å². The van der Waals surface area contributed by atoms with Gasteiger partial charge < -0.3 is 10.3 Å². The normalized spacial score (nSPS) is 15.4. The van der Waals surface area contributed by atoms with E-state index >= 15 is 0 Å². The summed E-state index contributed by atoms with van der Waals surface area (Å²) in [6.07, 6.45) is 6.86. The Balaban J connectivity index is 1.88. The molecule has 4 nitrogen and oxygen atoms in total. The van der Waals surface area contributed by atoms with E-state index in [9.17, 15) is 4.79 Å². The number of nitrogens with one attached hydrogen (secondary N) is 2. The van der Waals surface area contributed by atoms with Gasteiger partial charge >= 0.3 is 0 Å². The minimum absolute atomic E-state index is 0.0593. The Morgan fingerprint density at radius 2 is 2.15 bits per heavy atom. The first-order valence-electron chi connectivity index (χ1n) is 6.94. The standard InChI is InChI=1S/C16H17N3O/c1-2-3-8-15-17-10-11(18-15)9-13-12-6-4-5-7-14(12)19-16(13)20/h4-7,9-10H,2-3,8H2,1H3,(H,17,18)(H,19,20)/b13-9-. The van der Waals surface area contributed by atoms with Gasteiger partial charge in [0.2, 0.25) is 0 Å². The molecule has 0 aliphatic carbocycles. The largest absolute Gasteiger partial charge is 0.342 e. The molecule has 0 spiro atoms. The predicted molar refractivity (Wildman–Crippen MR) is 80.1 cm³/mol. The first kappa shape index (κ1) is 12.7. The second-order valence-corrected chi connectivity index (χ2v) is 4.95. The zero-order chi connectivity index (χ0) is 13.9. The second-order valence-electron chi connectivity index (χ2n) is 4.95. The molecule has 0 bridgehead atoms. The van der Waals surface area contributed by atoms with Crippen LogP contribution in [0.4, 0.5) is 5.69 Å². The van der Waals surface area contributed by atoms with E-state index < -0.39 is 0 Å². The summed E-state index contributed by atoms with van der Waals surface area (Å²) in [6, 6.07) is 7.72. The maximum Gasteiger partial charge on any atom is 0.256 e. The fourth-order valence-corrected chi connectivity index (χ4v) is 2.36. The van der Waals surface area contributed by atoms with Crippen LogP contribution in [0.5, 0.6) is 0 Å². The molecular weight excluding hydrogens is 250 g/mol. The quantitative estimate of drug-likeness (QED) is 0.835. The highest BCUT2D eigenvalue weighted by atomic mass is 16.2. The topological polar surface area (TPSA) is 57.8 Å². The maximum absolute atomic E-state index is 12.0. The lowest BCUT2D eigenvalue weighted by molar-refractivity contribution is -0.110. The Morgan fingerprint density at radius 1 is 1.30 bits per heavy atom. The number of imidazole rings is 1. The van der Waals surface area contributed by atoms with Gasteiger partial charge in [0, 0.05) is 17.7 Å². The number of amides is 1. The van der Waals surface area contributed by atoms with E-state index in [0.29, 0.717) is 5.57 Å². The molecule has 1 amide bonds. The van der Waals surface area contributed by atoms with E-state index in [1.54, 1.807) is 6.20 Å². The number of carbonyl (C=O) groups excluding carboxylic acids is 1. The molecule has 2 aromatic rings. The van der Waals surface area contributed by atoms with Gasteiger partial charge in [0.1, 0.15) is 5.82 Å². The molecule has 2 heterocycles. The van der Waals surface area contributed by atoms with Crippen molar-refractivity contribution >= 4 is 23.2 Å². The molecular formula is C16H17N3O. The Labute approximate surface area is 117 Å². The molecule has 0 radical (unpaired) electrons. The van der Waals surface area contributed by atoms with Crippen LogP contribution in [-0.4, -0.2) is 15.9 Å². The van der Waals surface area contributed by atoms with Crippen LogP contribution in [0.25, 0.3) is 11.6 Å². The smallest absolute Gasteiger partial charge is 0.256 e. The molecule has 0 saturated heterocycles. The van der Waals surface area contributed by atoms with E-state index in [4.69, 9.17) is 0 Å². The third kappa shape index (κ3) is 2.37. The number of aryl methyl sites for hydroxylation is 1. The summed E-state index contributed by atoms with van der Waals surface area (Å²) in [7, 11) is 0. The highest BCUT2D eigenvalue weighted by molar-refractivity contribution is 6.34. The van der Waals surface area contributed by atoms with Gasteiger partial charge in [0.05, 0.1) is 17.5 Å². The summed E-state index contributed by atoms with van der Waals surface area (Å²) < 4.78 is 0. The van der Waals surface area contributed by atoms with E-state index in [1.165, 1.54) is 0 Å². The summed E-state index contributed by atoms with van der Waals surface area (Å²) in [5, 5.41) is 2.87. The van der Waals surface area contributed by atoms with Crippen LogP contribution in [0.1, 0.15) is 36.8 Å². The van der Waals surface area contributed by atoms with Gasteiger partial charge in [0.25, 0.3) is 5.91 Å². The average Bonchev–Trinajstić information content (AvgIpc) is 3.02. The minimum Gasteiger partial charge on any atom is -0.342 e. The van der Waals surface area contributed by atoms with E-state index in [1.807, 2.05) is 30.3 Å². The third-order valence-electron chi connectivity index (χ3n) is 3.43. The van der Waals surface area contributed by atoms with Gasteiger partial charge in [-0.25, -0.2) is 4.98 Å². The van der Waals surface area contributed by atoms with E-state index in [0.717, 1.165) is 42.0 Å². The number of unbranched alkanes of at least 4 members (excludes halogenated alkanes) is 1. The van der Waals surface area contributed by atoms with Gasteiger partial charge in [-0.2, -0.15) is 0 Å². The molecule has 1 aliphatic rings. The number of hydrogen-bond donors (Lipinski definition) is 2. The molecule has 1 aliphatic heterocycles. The van der Waals surface area contributed by atoms with Crippen molar-refractivity contribution in [3.05, 3.63) is 47.5 Å². The van der Waals surface area contributed by atoms with Crippen molar-refractivity contribution in [2.45, 2.75) is 26.2 Å². The number of aromatic nitrogens is 2. The molecule has 4 heteroatoms. The SMILES string of the molecule is CCCCc1ncc(/C=C2\C(=O)Nc3ccccc32)[nH]1. The average molecular weight is 267 g/mol. The van der Waals surface area contributed by atoms with Gasteiger partial charge in [0.15, 0.2) is 0 Å². The summed E-state index contributed by atoms with van der Waals surface area (Å²) in [5.41, 5.74) is 3.38. The first-order chi connectivity index (χ1) is 9.78. The first-order valence-corrected chi connectivity index (χ1v) is 6.94. The zero-order valence-corrected chi connectivity index (χ0v) is 11.4. The summed E-state index contributed by atoms with van der Waals surface area (Å²) >= 11 is 0. The lowest BCUT2D eigenvalue weighted by atomic mass is 10.1. The van der Waals surface area contributed by atoms with Crippen molar-refractivity contribution in [3.63, 3.8) is 0 Å². The monoisotopic (exact) mass is 267 g/mol. The van der Waals surface area contributed by atoms with Crippen molar-refractivity contribution in [2.75, 3.05) is 5.32 Å². The number of carbonyl (C=O) groups is 1. The summed E-state index contributed by atoms with van der Waals surface area (Å²) in [6.45, 7) is 2.16. The Hall–Kier alpha value is -2.36. The number of nitrogens with zero attached hydrogens (tertiary/aromatic N) is 1. The van der Waals surface area contributed by atoms with Crippen molar-refractivity contribution in [1.29, 1.82) is 0 Å². The third-order valence-corrected chi connectivity index (χ3v) is 3.43. The van der Waals surface area contributed by atoms with Gasteiger partial charge in [-0.3, -0.25) is 4.79 Å². The molecule has 1 aromatic heterocycles. The fraction of sp³-hybridized carbons (Fsp3) is 0.250. The van der Waals surface area contributed by atoms with Crippen LogP contribution < -0.4 is 5.32 Å². The molecule has 20 heavy (non-hydrogen) atoms. The predicted octanol–water partition coefficient (Wildman–Crippen LogP) is 3.25. The van der Waals surface area contributed by atoms with Crippen LogP contribution in [0.2, 0.25) is 0 Å². The molecule has 2 N–H and O–H groups in total. The summed E-state index contributed by atoms with van der Waals surface area (Å²) in [4.78, 5) is 19.6. The lowest BCUT2D eigenvalue weighted by Gasteiger charge is -1.96. The molecule has 0 saturated carbocycles. The number of rotatable bonds is 4. The molecule has 0 unspecified atom stereocenters. The van der Waals surface area contributed by atoms with E-state index in [-0.39, 0.29) is 5.91 Å². The molecule has 102 valence electrons. The second kappa shape index (κ2) is 5.33. The number of fused-ring (bicyclic) bond motifs is 1. The highest BCUT2D eigenvalue weighted by Gasteiger charge is 2.23. The maximum atomic E-state index is 12.0. The molecule has 1 aromatic carbocycles. The number of benzene rings is 1. The molecule has 0 fully saturated rings. The highest BCUT2D eigenvalue weighted by Crippen LogP contribution is 2.32. The Morgan fingerprint density at radius 3 is 3.00 bits per heavy atom. The van der Waals surface area contributed by atoms with Gasteiger partial charge in [-0.15, -0.1) is 0 Å². The molecule has 3 rings (SSSR count). The van der Waals surface area contributed by atoms with Gasteiger partial charge in [-0.05, 0) is 18.6 Å².